The number of Topliss-reactive ketones (excluding diaryl/α,β-unsaturated/α-hetero) is 2. The van der Waals surface area contributed by atoms with E-state index < -0.39 is 58.0 Å². The van der Waals surface area contributed by atoms with Crippen LogP contribution in [-0.4, -0.2) is 68.5 Å². The van der Waals surface area contributed by atoms with Crippen LogP contribution in [0.25, 0.3) is 5.76 Å². The number of rotatable bonds is 6. The molecule has 6 N–H and O–H groups in total. The number of aliphatic hydroxyl groups is 3. The third-order valence-corrected chi connectivity index (χ3v) is 7.93. The maximum absolute atomic E-state index is 13.8. The minimum atomic E-state index is -2.62. The fourth-order valence-electron chi connectivity index (χ4n) is 6.24. The lowest BCUT2D eigenvalue weighted by Gasteiger charge is -2.50. The lowest BCUT2D eigenvalue weighted by molar-refractivity contribution is -0.153. The largest absolute Gasteiger partial charge is 0.508 e. The number of aromatic hydroxyl groups is 1. The average molecular weight is 499 g/mol. The molecule has 36 heavy (non-hydrogen) atoms. The van der Waals surface area contributed by atoms with Gasteiger partial charge in [-0.15, -0.1) is 0 Å². The molecule has 0 spiro atoms. The first kappa shape index (κ1) is 25.9. The van der Waals surface area contributed by atoms with Gasteiger partial charge in [0.1, 0.15) is 22.8 Å². The van der Waals surface area contributed by atoms with Crippen molar-refractivity contribution in [2.45, 2.75) is 57.6 Å². The second kappa shape index (κ2) is 9.05. The van der Waals surface area contributed by atoms with Gasteiger partial charge in [-0.1, -0.05) is 26.3 Å². The van der Waals surface area contributed by atoms with Crippen molar-refractivity contribution < 1.29 is 34.8 Å². The van der Waals surface area contributed by atoms with Gasteiger partial charge in [-0.05, 0) is 68.8 Å². The van der Waals surface area contributed by atoms with Gasteiger partial charge in [-0.3, -0.25) is 19.3 Å². The molecular formula is C27H34N2O7. The number of amides is 1. The molecule has 1 aromatic rings. The Morgan fingerprint density at radius 2 is 1.86 bits per heavy atom. The number of aliphatic hydroxyl groups excluding tert-OH is 2. The SMILES string of the molecule is CC(C)CCCc1ccc(O)c2c1C[C@@H]1C[C@@H]3[C@@H](N(C)C)C(=O)C(C(N)=O)=C(O)[C@]3(O)C(=O)C1=C2O. The Balaban J connectivity index is 1.88. The second-order valence-corrected chi connectivity index (χ2v) is 10.8. The van der Waals surface area contributed by atoms with Crippen molar-refractivity contribution in [2.24, 2.45) is 23.5 Å². The number of fused-ring (bicyclic) bond motifs is 3. The molecule has 3 aliphatic rings. The first-order chi connectivity index (χ1) is 16.8. The summed E-state index contributed by atoms with van der Waals surface area (Å²) in [6, 6.07) is 2.22. The van der Waals surface area contributed by atoms with Gasteiger partial charge in [0.25, 0.3) is 5.91 Å². The van der Waals surface area contributed by atoms with Crippen molar-refractivity contribution in [1.29, 1.82) is 0 Å². The minimum Gasteiger partial charge on any atom is -0.508 e. The van der Waals surface area contributed by atoms with E-state index in [0.29, 0.717) is 12.3 Å². The normalized spacial score (nSPS) is 27.9. The minimum absolute atomic E-state index is 0.0901. The number of primary amides is 1. The molecule has 0 radical (unpaired) electrons. The van der Waals surface area contributed by atoms with Gasteiger partial charge >= 0.3 is 0 Å². The molecule has 3 aliphatic carbocycles. The maximum atomic E-state index is 13.8. The van der Waals surface area contributed by atoms with Crippen LogP contribution in [0.3, 0.4) is 0 Å². The van der Waals surface area contributed by atoms with Gasteiger partial charge in [0.05, 0.1) is 11.6 Å². The van der Waals surface area contributed by atoms with Crippen LogP contribution in [0.2, 0.25) is 0 Å². The summed E-state index contributed by atoms with van der Waals surface area (Å²) >= 11 is 0. The number of phenolic OH excluding ortho intramolecular Hbond substituents is 1. The molecule has 0 aromatic heterocycles. The summed E-state index contributed by atoms with van der Waals surface area (Å²) in [4.78, 5) is 40.5. The number of nitrogens with two attached hydrogens (primary N) is 1. The van der Waals surface area contributed by atoms with Crippen LogP contribution in [0.1, 0.15) is 49.8 Å². The van der Waals surface area contributed by atoms with Crippen molar-refractivity contribution in [1.82, 2.24) is 4.90 Å². The predicted molar refractivity (Wildman–Crippen MR) is 132 cm³/mol. The molecule has 9 heteroatoms. The highest BCUT2D eigenvalue weighted by Crippen LogP contribution is 2.53. The molecule has 1 fully saturated rings. The molecule has 0 bridgehead atoms. The van der Waals surface area contributed by atoms with Crippen LogP contribution >= 0.6 is 0 Å². The number of likely N-dealkylation sites (N-methyl/N-ethyl adjacent to an activating group) is 1. The smallest absolute Gasteiger partial charge is 0.255 e. The average Bonchev–Trinajstić information content (AvgIpc) is 2.77. The van der Waals surface area contributed by atoms with E-state index in [2.05, 4.69) is 13.8 Å². The number of hydrogen-bond donors (Lipinski definition) is 5. The Morgan fingerprint density at radius 1 is 1.19 bits per heavy atom. The Hall–Kier alpha value is -3.17. The fraction of sp³-hybridized carbons (Fsp3) is 0.519. The second-order valence-electron chi connectivity index (χ2n) is 10.8. The number of hydrogen-bond acceptors (Lipinski definition) is 8. The fourth-order valence-corrected chi connectivity index (χ4v) is 6.24. The van der Waals surface area contributed by atoms with Gasteiger partial charge in [-0.2, -0.15) is 0 Å². The van der Waals surface area contributed by atoms with Crippen LogP contribution in [0, 0.1) is 17.8 Å². The van der Waals surface area contributed by atoms with E-state index >= 15 is 0 Å². The third-order valence-electron chi connectivity index (χ3n) is 7.93. The molecule has 1 aromatic carbocycles. The molecule has 4 rings (SSSR count). The molecule has 1 amide bonds. The Kier molecular flexibility index (Phi) is 6.51. The summed E-state index contributed by atoms with van der Waals surface area (Å²) in [5.74, 6) is -5.81. The predicted octanol–water partition coefficient (Wildman–Crippen LogP) is 1.94. The summed E-state index contributed by atoms with van der Waals surface area (Å²) in [5, 5.41) is 44.4. The van der Waals surface area contributed by atoms with Crippen molar-refractivity contribution in [2.75, 3.05) is 14.1 Å². The topological polar surface area (TPSA) is 161 Å². The monoisotopic (exact) mass is 498 g/mol. The van der Waals surface area contributed by atoms with Gasteiger partial charge < -0.3 is 26.2 Å². The molecule has 0 unspecified atom stereocenters. The molecule has 9 nitrogen and oxygen atoms in total. The zero-order valence-electron chi connectivity index (χ0n) is 21.0. The highest BCUT2D eigenvalue weighted by Gasteiger charge is 2.64. The molecule has 4 atom stereocenters. The quantitative estimate of drug-likeness (QED) is 0.372. The zero-order chi connectivity index (χ0) is 26.7. The van der Waals surface area contributed by atoms with E-state index in [1.54, 1.807) is 14.1 Å². The lowest BCUT2D eigenvalue weighted by atomic mass is 9.57. The summed E-state index contributed by atoms with van der Waals surface area (Å²) in [7, 11) is 3.16. The van der Waals surface area contributed by atoms with Crippen molar-refractivity contribution in [3.05, 3.63) is 45.7 Å². The first-order valence-electron chi connectivity index (χ1n) is 12.3. The highest BCUT2D eigenvalue weighted by atomic mass is 16.3. The zero-order valence-corrected chi connectivity index (χ0v) is 21.0. The number of phenols is 1. The van der Waals surface area contributed by atoms with Gasteiger partial charge in [0, 0.05) is 11.5 Å². The number of carbonyl (C=O) groups is 3. The third kappa shape index (κ3) is 3.72. The number of nitrogens with zero attached hydrogens (tertiary/aromatic N) is 1. The first-order valence-corrected chi connectivity index (χ1v) is 12.3. The van der Waals surface area contributed by atoms with E-state index in [0.717, 1.165) is 30.4 Å². The summed E-state index contributed by atoms with van der Waals surface area (Å²) in [5.41, 5.74) is 3.63. The molecule has 1 saturated carbocycles. The van der Waals surface area contributed by atoms with Gasteiger partial charge in [0.15, 0.2) is 11.4 Å². The molecule has 0 heterocycles. The van der Waals surface area contributed by atoms with Crippen LogP contribution in [0.5, 0.6) is 5.75 Å². The number of benzene rings is 1. The van der Waals surface area contributed by atoms with Crippen molar-refractivity contribution in [3.8, 4) is 5.75 Å². The van der Waals surface area contributed by atoms with E-state index in [4.69, 9.17) is 5.73 Å². The number of ketones is 2. The van der Waals surface area contributed by atoms with Gasteiger partial charge in [-0.25, -0.2) is 0 Å². The van der Waals surface area contributed by atoms with E-state index in [-0.39, 0.29) is 23.3 Å². The van der Waals surface area contributed by atoms with E-state index in [9.17, 15) is 34.8 Å². The summed E-state index contributed by atoms with van der Waals surface area (Å²) in [6.45, 7) is 4.28. The Bertz CT molecular complexity index is 1210. The molecule has 194 valence electrons. The number of aryl methyl sites for hydroxylation is 1. The maximum Gasteiger partial charge on any atom is 0.255 e. The lowest BCUT2D eigenvalue weighted by Crippen LogP contribution is -2.65. The highest BCUT2D eigenvalue weighted by molar-refractivity contribution is 6.24. The number of carbonyl (C=O) groups excluding carboxylic acids is 3. The van der Waals surface area contributed by atoms with E-state index in [1.807, 2.05) is 6.07 Å². The van der Waals surface area contributed by atoms with Crippen LogP contribution in [0.4, 0.5) is 0 Å². The molecular weight excluding hydrogens is 464 g/mol. The molecule has 0 aliphatic heterocycles. The van der Waals surface area contributed by atoms with Gasteiger partial charge in [0.2, 0.25) is 5.78 Å². The van der Waals surface area contributed by atoms with Crippen LogP contribution < -0.4 is 5.73 Å². The summed E-state index contributed by atoms with van der Waals surface area (Å²) < 4.78 is 0. The Labute approximate surface area is 209 Å². The molecule has 0 saturated heterocycles. The van der Waals surface area contributed by atoms with Crippen LogP contribution in [0.15, 0.2) is 29.0 Å². The summed E-state index contributed by atoms with van der Waals surface area (Å²) in [6.07, 6.45) is 3.08. The van der Waals surface area contributed by atoms with Crippen molar-refractivity contribution >= 4 is 23.2 Å². The van der Waals surface area contributed by atoms with Crippen molar-refractivity contribution in [3.63, 3.8) is 0 Å². The standard InChI is InChI=1S/C27H34N2O7/c1-12(2)6-5-7-13-8-9-17(30)19-15(13)10-14-11-16-21(29(3)4)23(32)20(26(28)35)25(34)27(16,36)24(33)18(14)22(19)31/h8-9,12,14,16,21,30-31,34,36H,5-7,10-11H2,1-4H3,(H2,28,35)/t14-,16-,21-,27-/m1/s1. The Morgan fingerprint density at radius 3 is 2.44 bits per heavy atom. The van der Waals surface area contributed by atoms with Crippen LogP contribution in [-0.2, 0) is 27.2 Å². The van der Waals surface area contributed by atoms with E-state index in [1.165, 1.54) is 11.0 Å².